The molecule has 8 nitrogen and oxygen atoms in total. The highest BCUT2D eigenvalue weighted by atomic mass is 32.2. The molecule has 0 saturated carbocycles. The summed E-state index contributed by atoms with van der Waals surface area (Å²) in [5.74, 6) is -1.94. The van der Waals surface area contributed by atoms with Gasteiger partial charge in [0, 0.05) is 0 Å². The van der Waals surface area contributed by atoms with Gasteiger partial charge in [0.1, 0.15) is 0 Å². The van der Waals surface area contributed by atoms with Crippen LogP contribution in [0.4, 0.5) is 0 Å². The first-order valence-electron chi connectivity index (χ1n) is 6.49. The van der Waals surface area contributed by atoms with Crippen molar-refractivity contribution in [3.05, 3.63) is 0 Å². The maximum Gasteiger partial charge on any atom is 0.325 e. The summed E-state index contributed by atoms with van der Waals surface area (Å²) in [6.07, 6.45) is -1.16. The number of hydrogen-bond donors (Lipinski definition) is 4. The average Bonchev–Trinajstić information content (AvgIpc) is 2.23. The van der Waals surface area contributed by atoms with E-state index in [9.17, 15) is 18.0 Å². The van der Waals surface area contributed by atoms with Gasteiger partial charge in [-0.1, -0.05) is 27.7 Å². The first-order valence-corrected chi connectivity index (χ1v) is 7.99. The van der Waals surface area contributed by atoms with Gasteiger partial charge in [0.2, 0.25) is 0 Å². The van der Waals surface area contributed by atoms with Crippen molar-refractivity contribution in [2.75, 3.05) is 13.1 Å². The lowest BCUT2D eigenvalue weighted by Crippen LogP contribution is -2.31. The van der Waals surface area contributed by atoms with Crippen LogP contribution in [0.2, 0.25) is 0 Å². The van der Waals surface area contributed by atoms with Crippen LogP contribution in [0.15, 0.2) is 0 Å². The molecule has 0 heterocycles. The number of aliphatic carboxylic acids is 2. The molecule has 0 spiro atoms. The van der Waals surface area contributed by atoms with Crippen LogP contribution < -0.4 is 5.32 Å². The molecule has 0 radical (unpaired) electrons. The quantitative estimate of drug-likeness (QED) is 0.477. The SMILES string of the molecule is CC(C)CNCC(C)C.O=C(O)CC(C(=O)O)S(=O)(=O)O. The van der Waals surface area contributed by atoms with Gasteiger partial charge >= 0.3 is 11.9 Å². The van der Waals surface area contributed by atoms with E-state index in [1.54, 1.807) is 0 Å². The minimum Gasteiger partial charge on any atom is -0.481 e. The number of rotatable bonds is 8. The van der Waals surface area contributed by atoms with Gasteiger partial charge in [-0.2, -0.15) is 8.42 Å². The summed E-state index contributed by atoms with van der Waals surface area (Å²) < 4.78 is 28.7. The fourth-order valence-electron chi connectivity index (χ4n) is 1.14. The lowest BCUT2D eigenvalue weighted by atomic mass is 10.2. The standard InChI is InChI=1S/C8H19N.C4H6O7S/c1-7(2)5-9-6-8(3)4;5-3(6)1-2(4(7)8)12(9,10)11/h7-9H,5-6H2,1-4H3;2H,1H2,(H,5,6)(H,7,8)(H,9,10,11). The van der Waals surface area contributed by atoms with E-state index in [1.165, 1.54) is 0 Å². The second-order valence-electron chi connectivity index (χ2n) is 5.39. The zero-order valence-electron chi connectivity index (χ0n) is 12.7. The summed E-state index contributed by atoms with van der Waals surface area (Å²) in [6, 6.07) is 0. The van der Waals surface area contributed by atoms with Gasteiger partial charge in [-0.25, -0.2) is 0 Å². The molecule has 0 aliphatic rings. The molecule has 0 fully saturated rings. The van der Waals surface area contributed by atoms with Crippen LogP contribution in [0.5, 0.6) is 0 Å². The highest BCUT2D eigenvalue weighted by Gasteiger charge is 2.33. The lowest BCUT2D eigenvalue weighted by molar-refractivity contribution is -0.143. The van der Waals surface area contributed by atoms with Crippen molar-refractivity contribution < 1.29 is 32.8 Å². The van der Waals surface area contributed by atoms with Gasteiger partial charge in [-0.05, 0) is 24.9 Å². The van der Waals surface area contributed by atoms with Crippen LogP contribution in [0, 0.1) is 11.8 Å². The van der Waals surface area contributed by atoms with E-state index in [0.717, 1.165) is 24.9 Å². The first-order chi connectivity index (χ1) is 9.37. The summed E-state index contributed by atoms with van der Waals surface area (Å²) in [5.41, 5.74) is 0. The third-order valence-corrected chi connectivity index (χ3v) is 3.19. The van der Waals surface area contributed by atoms with Gasteiger partial charge < -0.3 is 15.5 Å². The van der Waals surface area contributed by atoms with Gasteiger partial charge in [-0.3, -0.25) is 14.1 Å². The Bertz CT molecular complexity index is 409. The topological polar surface area (TPSA) is 141 Å². The van der Waals surface area contributed by atoms with Crippen LogP contribution in [0.3, 0.4) is 0 Å². The van der Waals surface area contributed by atoms with Gasteiger partial charge in [0.15, 0.2) is 5.25 Å². The van der Waals surface area contributed by atoms with Gasteiger partial charge in [-0.15, -0.1) is 0 Å². The predicted molar refractivity (Wildman–Crippen MR) is 77.8 cm³/mol. The molecule has 0 bridgehead atoms. The maximum atomic E-state index is 10.2. The molecule has 21 heavy (non-hydrogen) atoms. The summed E-state index contributed by atoms with van der Waals surface area (Å²) in [5, 5.41) is 17.3. The fourth-order valence-corrected chi connectivity index (χ4v) is 1.75. The molecule has 1 atom stereocenters. The van der Waals surface area contributed by atoms with Crippen LogP contribution in [0.1, 0.15) is 34.1 Å². The molecule has 0 amide bonds. The maximum absolute atomic E-state index is 10.2. The van der Waals surface area contributed by atoms with E-state index in [-0.39, 0.29) is 0 Å². The van der Waals surface area contributed by atoms with E-state index in [2.05, 4.69) is 33.0 Å². The number of nitrogens with one attached hydrogen (secondary N) is 1. The molecule has 126 valence electrons. The molecule has 0 saturated heterocycles. The molecule has 9 heteroatoms. The first kappa shape index (κ1) is 22.1. The van der Waals surface area contributed by atoms with E-state index >= 15 is 0 Å². The number of hydrogen-bond acceptors (Lipinski definition) is 5. The highest BCUT2D eigenvalue weighted by molar-refractivity contribution is 7.87. The highest BCUT2D eigenvalue weighted by Crippen LogP contribution is 2.04. The predicted octanol–water partition coefficient (Wildman–Crippen LogP) is 0.690. The Morgan fingerprint density at radius 3 is 1.52 bits per heavy atom. The summed E-state index contributed by atoms with van der Waals surface area (Å²) in [6.45, 7) is 11.2. The van der Waals surface area contributed by atoms with Crippen molar-refractivity contribution >= 4 is 22.1 Å². The Balaban J connectivity index is 0. The Morgan fingerprint density at radius 1 is 1.00 bits per heavy atom. The van der Waals surface area contributed by atoms with E-state index in [4.69, 9.17) is 14.8 Å². The van der Waals surface area contributed by atoms with Crippen LogP contribution in [-0.4, -0.2) is 53.5 Å². The Hall–Kier alpha value is -1.19. The summed E-state index contributed by atoms with van der Waals surface area (Å²) in [7, 11) is -4.84. The number of carboxylic acid groups (broad SMARTS) is 2. The zero-order valence-corrected chi connectivity index (χ0v) is 13.6. The molecule has 0 aromatic carbocycles. The van der Waals surface area contributed by atoms with E-state index in [0.29, 0.717) is 0 Å². The second kappa shape index (κ2) is 10.5. The molecule has 0 aliphatic carbocycles. The zero-order chi connectivity index (χ0) is 17.2. The van der Waals surface area contributed by atoms with E-state index < -0.39 is 33.7 Å². The molecule has 4 N–H and O–H groups in total. The molecule has 0 aliphatic heterocycles. The fraction of sp³-hybridized carbons (Fsp3) is 0.833. The van der Waals surface area contributed by atoms with Crippen molar-refractivity contribution in [3.8, 4) is 0 Å². The summed E-state index contributed by atoms with van der Waals surface area (Å²) >= 11 is 0. The smallest absolute Gasteiger partial charge is 0.325 e. The van der Waals surface area contributed by atoms with Crippen molar-refractivity contribution in [2.24, 2.45) is 11.8 Å². The van der Waals surface area contributed by atoms with E-state index in [1.807, 2.05) is 0 Å². The number of carbonyl (C=O) groups is 2. The van der Waals surface area contributed by atoms with Crippen LogP contribution in [0.25, 0.3) is 0 Å². The molecular formula is C12H25NO7S. The molecule has 0 rings (SSSR count). The van der Waals surface area contributed by atoms with Crippen molar-refractivity contribution in [1.29, 1.82) is 0 Å². The average molecular weight is 327 g/mol. The molecule has 0 aromatic rings. The van der Waals surface area contributed by atoms with Gasteiger partial charge in [0.25, 0.3) is 10.1 Å². The van der Waals surface area contributed by atoms with Crippen LogP contribution >= 0.6 is 0 Å². The molecule has 0 aromatic heterocycles. The molecular weight excluding hydrogens is 302 g/mol. The Morgan fingerprint density at radius 2 is 1.38 bits per heavy atom. The second-order valence-corrected chi connectivity index (χ2v) is 6.98. The number of carboxylic acids is 2. The Labute approximate surface area is 125 Å². The summed E-state index contributed by atoms with van der Waals surface area (Å²) in [4.78, 5) is 20.0. The normalized spacial score (nSPS) is 12.7. The largest absolute Gasteiger partial charge is 0.481 e. The minimum absolute atomic E-state index is 0.781. The van der Waals surface area contributed by atoms with Gasteiger partial charge in [0.05, 0.1) is 6.42 Å². The molecule has 1 unspecified atom stereocenters. The monoisotopic (exact) mass is 327 g/mol. The lowest BCUT2D eigenvalue weighted by Gasteiger charge is -2.08. The minimum atomic E-state index is -4.84. The third kappa shape index (κ3) is 15.0. The van der Waals surface area contributed by atoms with Crippen molar-refractivity contribution in [3.63, 3.8) is 0 Å². The van der Waals surface area contributed by atoms with Crippen molar-refractivity contribution in [1.82, 2.24) is 5.32 Å². The third-order valence-electron chi connectivity index (χ3n) is 2.10. The van der Waals surface area contributed by atoms with Crippen LogP contribution in [-0.2, 0) is 19.7 Å². The van der Waals surface area contributed by atoms with Crippen molar-refractivity contribution in [2.45, 2.75) is 39.4 Å². The Kier molecular flexibility index (Phi) is 11.1.